The van der Waals surface area contributed by atoms with E-state index in [-0.39, 0.29) is 0 Å². The van der Waals surface area contributed by atoms with Crippen LogP contribution in [0, 0.1) is 11.3 Å². The minimum atomic E-state index is -0.609. The summed E-state index contributed by atoms with van der Waals surface area (Å²) in [5.41, 5.74) is 14.0. The lowest BCUT2D eigenvalue weighted by Crippen LogP contribution is -2.28. The van der Waals surface area contributed by atoms with Gasteiger partial charge in [-0.05, 0) is 73.8 Å². The van der Waals surface area contributed by atoms with Crippen molar-refractivity contribution in [1.82, 2.24) is 15.0 Å². The van der Waals surface area contributed by atoms with Crippen LogP contribution in [0.4, 0.5) is 0 Å². The van der Waals surface area contributed by atoms with Crippen LogP contribution in [0.3, 0.4) is 0 Å². The summed E-state index contributed by atoms with van der Waals surface area (Å²) in [5.74, 6) is 1.83. The van der Waals surface area contributed by atoms with Crippen LogP contribution in [-0.2, 0) is 5.41 Å². The molecule has 0 saturated carbocycles. The Balaban J connectivity index is 1.15. The monoisotopic (exact) mass is 726 g/mol. The van der Waals surface area contributed by atoms with Crippen molar-refractivity contribution in [3.05, 3.63) is 234 Å². The van der Waals surface area contributed by atoms with Gasteiger partial charge in [-0.3, -0.25) is 0 Å². The number of nitrogens with zero attached hydrogens (tertiary/aromatic N) is 4. The van der Waals surface area contributed by atoms with Crippen LogP contribution in [0.2, 0.25) is 0 Å². The molecule has 0 saturated heterocycles. The molecule has 8 aromatic carbocycles. The van der Waals surface area contributed by atoms with Crippen LogP contribution in [0.1, 0.15) is 27.8 Å². The van der Waals surface area contributed by atoms with Crippen molar-refractivity contribution in [2.45, 2.75) is 5.41 Å². The fourth-order valence-corrected chi connectivity index (χ4v) is 8.44. The zero-order chi connectivity index (χ0) is 38.2. The van der Waals surface area contributed by atoms with Gasteiger partial charge in [-0.2, -0.15) is 5.26 Å². The minimum Gasteiger partial charge on any atom is -0.208 e. The second-order valence-corrected chi connectivity index (χ2v) is 14.3. The Kier molecular flexibility index (Phi) is 8.39. The van der Waals surface area contributed by atoms with E-state index in [9.17, 15) is 5.26 Å². The van der Waals surface area contributed by atoms with E-state index in [4.69, 9.17) is 15.0 Å². The fourth-order valence-electron chi connectivity index (χ4n) is 8.44. The van der Waals surface area contributed by atoms with E-state index in [1.54, 1.807) is 0 Å². The fraction of sp³-hybridized carbons (Fsp3) is 0.0189. The first kappa shape index (κ1) is 33.8. The van der Waals surface area contributed by atoms with E-state index < -0.39 is 5.41 Å². The molecule has 0 fully saturated rings. The average molecular weight is 727 g/mol. The topological polar surface area (TPSA) is 62.5 Å². The second kappa shape index (κ2) is 14.2. The predicted molar refractivity (Wildman–Crippen MR) is 229 cm³/mol. The van der Waals surface area contributed by atoms with Gasteiger partial charge in [0.2, 0.25) is 0 Å². The van der Waals surface area contributed by atoms with Gasteiger partial charge in [0.1, 0.15) is 0 Å². The number of benzene rings is 8. The molecule has 266 valence electrons. The van der Waals surface area contributed by atoms with Crippen LogP contribution in [0.5, 0.6) is 0 Å². The first-order valence-electron chi connectivity index (χ1n) is 19.1. The van der Waals surface area contributed by atoms with Crippen molar-refractivity contribution in [1.29, 1.82) is 5.26 Å². The summed E-state index contributed by atoms with van der Waals surface area (Å²) in [6.07, 6.45) is 0. The van der Waals surface area contributed by atoms with Gasteiger partial charge in [0.15, 0.2) is 17.5 Å². The standard InChI is InChI=1S/C53H34N4/c54-35-36-25-31-45-47-34-41(30-32-48(47)53(49(45)33-36,42-19-9-3-10-20-42)43-21-11-4-12-22-43)44-23-13-14-24-46(44)52-56-50(39-17-7-2-8-18-39)55-51(57-52)40-28-26-38(27-29-40)37-15-5-1-6-16-37/h1-34H. The van der Waals surface area contributed by atoms with Crippen molar-refractivity contribution in [2.24, 2.45) is 0 Å². The average Bonchev–Trinajstić information content (AvgIpc) is 3.59. The van der Waals surface area contributed by atoms with Crippen LogP contribution < -0.4 is 0 Å². The highest BCUT2D eigenvalue weighted by Crippen LogP contribution is 2.57. The predicted octanol–water partition coefficient (Wildman–Crippen LogP) is 12.4. The van der Waals surface area contributed by atoms with Crippen LogP contribution >= 0.6 is 0 Å². The summed E-state index contributed by atoms with van der Waals surface area (Å²) < 4.78 is 0. The first-order chi connectivity index (χ1) is 28.2. The van der Waals surface area contributed by atoms with Gasteiger partial charge < -0.3 is 0 Å². The molecular weight excluding hydrogens is 693 g/mol. The summed E-state index contributed by atoms with van der Waals surface area (Å²) in [6, 6.07) is 73.9. The van der Waals surface area contributed by atoms with Gasteiger partial charge in [0, 0.05) is 16.7 Å². The van der Waals surface area contributed by atoms with E-state index >= 15 is 0 Å². The highest BCUT2D eigenvalue weighted by atomic mass is 15.0. The molecule has 1 aliphatic carbocycles. The van der Waals surface area contributed by atoms with Gasteiger partial charge in [-0.15, -0.1) is 0 Å². The summed E-state index contributed by atoms with van der Waals surface area (Å²) in [6.45, 7) is 0. The zero-order valence-corrected chi connectivity index (χ0v) is 30.9. The number of aromatic nitrogens is 3. The van der Waals surface area contributed by atoms with Gasteiger partial charge in [0.25, 0.3) is 0 Å². The Labute approximate surface area is 332 Å². The number of rotatable bonds is 7. The third kappa shape index (κ3) is 5.82. The summed E-state index contributed by atoms with van der Waals surface area (Å²) in [4.78, 5) is 15.3. The molecule has 0 atom stereocenters. The molecule has 4 nitrogen and oxygen atoms in total. The molecule has 57 heavy (non-hydrogen) atoms. The Hall–Kier alpha value is -7.74. The maximum atomic E-state index is 10.1. The lowest BCUT2D eigenvalue weighted by molar-refractivity contribution is 0.768. The van der Waals surface area contributed by atoms with Crippen molar-refractivity contribution < 1.29 is 0 Å². The van der Waals surface area contributed by atoms with Crippen LogP contribution in [0.25, 0.3) is 67.5 Å². The van der Waals surface area contributed by atoms with E-state index in [0.29, 0.717) is 23.0 Å². The molecule has 0 amide bonds. The van der Waals surface area contributed by atoms with Gasteiger partial charge in [-0.1, -0.05) is 188 Å². The maximum absolute atomic E-state index is 10.1. The second-order valence-electron chi connectivity index (χ2n) is 14.3. The van der Waals surface area contributed by atoms with Crippen molar-refractivity contribution in [3.8, 4) is 73.6 Å². The van der Waals surface area contributed by atoms with E-state index in [0.717, 1.165) is 66.8 Å². The van der Waals surface area contributed by atoms with Crippen molar-refractivity contribution in [2.75, 3.05) is 0 Å². The lowest BCUT2D eigenvalue weighted by Gasteiger charge is -2.34. The molecule has 0 radical (unpaired) electrons. The molecule has 0 N–H and O–H groups in total. The molecular formula is C53H34N4. The van der Waals surface area contributed by atoms with Crippen LogP contribution in [-0.4, -0.2) is 15.0 Å². The quantitative estimate of drug-likeness (QED) is 0.164. The third-order valence-corrected chi connectivity index (χ3v) is 11.1. The SMILES string of the molecule is N#Cc1ccc2c(c1)C(c1ccccc1)(c1ccccc1)c1ccc(-c3ccccc3-c3nc(-c4ccccc4)nc(-c4ccc(-c5ccccc5)cc4)n3)cc1-2. The Morgan fingerprint density at radius 3 is 1.42 bits per heavy atom. The molecule has 0 spiro atoms. The molecule has 1 heterocycles. The number of hydrogen-bond acceptors (Lipinski definition) is 4. The van der Waals surface area contributed by atoms with Crippen molar-refractivity contribution in [3.63, 3.8) is 0 Å². The summed E-state index contributed by atoms with van der Waals surface area (Å²) in [7, 11) is 0. The number of hydrogen-bond donors (Lipinski definition) is 0. The molecule has 0 unspecified atom stereocenters. The Morgan fingerprint density at radius 2 is 0.807 bits per heavy atom. The highest BCUT2D eigenvalue weighted by Gasteiger charge is 2.46. The Bertz CT molecular complexity index is 2900. The molecule has 0 bridgehead atoms. The maximum Gasteiger partial charge on any atom is 0.164 e. The minimum absolute atomic E-state index is 0.601. The molecule has 4 heteroatoms. The van der Waals surface area contributed by atoms with Gasteiger partial charge >= 0.3 is 0 Å². The third-order valence-electron chi connectivity index (χ3n) is 11.1. The smallest absolute Gasteiger partial charge is 0.164 e. The van der Waals surface area contributed by atoms with Crippen LogP contribution in [0.15, 0.2) is 206 Å². The highest BCUT2D eigenvalue weighted by molar-refractivity contribution is 5.91. The van der Waals surface area contributed by atoms with E-state index in [2.05, 4.69) is 164 Å². The molecule has 9 aromatic rings. The Morgan fingerprint density at radius 1 is 0.333 bits per heavy atom. The molecule has 0 aliphatic heterocycles. The van der Waals surface area contributed by atoms with Crippen molar-refractivity contribution >= 4 is 0 Å². The number of nitriles is 1. The lowest BCUT2D eigenvalue weighted by atomic mass is 9.67. The number of fused-ring (bicyclic) bond motifs is 3. The normalized spacial score (nSPS) is 12.3. The summed E-state index contributed by atoms with van der Waals surface area (Å²) >= 11 is 0. The molecule has 10 rings (SSSR count). The first-order valence-corrected chi connectivity index (χ1v) is 19.1. The summed E-state index contributed by atoms with van der Waals surface area (Å²) in [5, 5.41) is 10.1. The van der Waals surface area contributed by atoms with E-state index in [1.165, 1.54) is 5.56 Å². The van der Waals surface area contributed by atoms with Gasteiger partial charge in [0.05, 0.1) is 17.0 Å². The largest absolute Gasteiger partial charge is 0.208 e. The zero-order valence-electron chi connectivity index (χ0n) is 30.9. The van der Waals surface area contributed by atoms with E-state index in [1.807, 2.05) is 48.5 Å². The van der Waals surface area contributed by atoms with Gasteiger partial charge in [-0.25, -0.2) is 15.0 Å². The molecule has 1 aromatic heterocycles. The molecule has 1 aliphatic rings.